The normalized spacial score (nSPS) is 46.0. The van der Waals surface area contributed by atoms with Crippen LogP contribution in [0.3, 0.4) is 0 Å². The van der Waals surface area contributed by atoms with Crippen molar-refractivity contribution in [3.63, 3.8) is 0 Å². The van der Waals surface area contributed by atoms with Gasteiger partial charge < -0.3 is 15.2 Å². The molecular formula is C43H68N2O4. The third kappa shape index (κ3) is 5.70. The van der Waals surface area contributed by atoms with Gasteiger partial charge in [-0.25, -0.2) is 4.99 Å². The summed E-state index contributed by atoms with van der Waals surface area (Å²) in [5.41, 5.74) is 0.228. The number of hydrogen-bond donors (Lipinski definition) is 2. The highest BCUT2D eigenvalue weighted by molar-refractivity contribution is 5.96. The SMILES string of the molecule is CC1(C)[C@@H](O)CC[C@]2(C)[C@H]3C(=O)C=C4[C@@H]5C[C@@](C)(C(=O)OC(=NC6CCCCC6)NC6CCCCC6)CC[C@]5(C)CC[C@@]4(C)[C@]3(C)CC[C@@H]12. The van der Waals surface area contributed by atoms with Gasteiger partial charge in [0.15, 0.2) is 5.78 Å². The smallest absolute Gasteiger partial charge is 0.319 e. The number of hydrogen-bond acceptors (Lipinski definition) is 5. The number of aliphatic hydroxyl groups is 1. The van der Waals surface area contributed by atoms with Gasteiger partial charge in [0, 0.05) is 12.0 Å². The lowest BCUT2D eigenvalue weighted by Gasteiger charge is -2.70. The van der Waals surface area contributed by atoms with Gasteiger partial charge in [0.25, 0.3) is 6.02 Å². The van der Waals surface area contributed by atoms with Gasteiger partial charge in [0.2, 0.25) is 0 Å². The lowest BCUT2D eigenvalue weighted by molar-refractivity contribution is -0.202. The molecule has 0 aromatic carbocycles. The van der Waals surface area contributed by atoms with Crippen LogP contribution in [0.15, 0.2) is 16.6 Å². The molecule has 7 aliphatic carbocycles. The van der Waals surface area contributed by atoms with Crippen molar-refractivity contribution in [1.82, 2.24) is 5.32 Å². The number of amidine groups is 1. The molecule has 0 spiro atoms. The van der Waals surface area contributed by atoms with E-state index >= 15 is 0 Å². The van der Waals surface area contributed by atoms with Gasteiger partial charge in [0.05, 0.1) is 17.6 Å². The van der Waals surface area contributed by atoms with E-state index in [1.165, 1.54) is 44.1 Å². The van der Waals surface area contributed by atoms with Crippen LogP contribution in [0.1, 0.15) is 170 Å². The van der Waals surface area contributed by atoms with Gasteiger partial charge in [-0.3, -0.25) is 9.59 Å². The Labute approximate surface area is 297 Å². The fourth-order valence-electron chi connectivity index (χ4n) is 13.5. The van der Waals surface area contributed by atoms with Crippen molar-refractivity contribution in [3.05, 3.63) is 11.6 Å². The number of fused-ring (bicyclic) bond motifs is 7. The molecule has 0 aromatic heterocycles. The van der Waals surface area contributed by atoms with Crippen LogP contribution >= 0.6 is 0 Å². The van der Waals surface area contributed by atoms with Crippen LogP contribution in [0.4, 0.5) is 0 Å². The minimum atomic E-state index is -0.626. The second-order valence-electron chi connectivity index (χ2n) is 20.2. The summed E-state index contributed by atoms with van der Waals surface area (Å²) < 4.78 is 6.39. The van der Waals surface area contributed by atoms with Gasteiger partial charge in [-0.2, -0.15) is 0 Å². The van der Waals surface area contributed by atoms with Crippen molar-refractivity contribution in [2.75, 3.05) is 0 Å². The molecule has 7 rings (SSSR count). The number of ketones is 1. The fraction of sp³-hybridized carbons (Fsp3) is 0.884. The number of carbonyl (C=O) groups is 2. The fourth-order valence-corrected chi connectivity index (χ4v) is 13.5. The van der Waals surface area contributed by atoms with Crippen LogP contribution in [0.2, 0.25) is 0 Å². The zero-order chi connectivity index (χ0) is 35.0. The van der Waals surface area contributed by atoms with Crippen molar-refractivity contribution < 1.29 is 19.4 Å². The monoisotopic (exact) mass is 677 g/mol. The lowest BCUT2D eigenvalue weighted by Crippen LogP contribution is -2.66. The summed E-state index contributed by atoms with van der Waals surface area (Å²) in [6, 6.07) is 1.03. The molecule has 49 heavy (non-hydrogen) atoms. The first-order chi connectivity index (χ1) is 23.1. The standard InChI is InChI=1S/C43H68N2O4/c1-38(2)33-18-21-43(7)35(41(33,5)20-19-34(38)47)32(46)26-30-31-27-40(4,23-22-39(31,3)24-25-42(30,43)6)36(48)49-37(44-28-14-10-8-11-15-28)45-29-16-12-9-13-17-29/h26,28-29,31,33-35,47H,8-25,27H2,1-7H3,(H,44,45)/t31-,33-,34-,35+,39+,40-,41-,42+,43+/m0/s1. The van der Waals surface area contributed by atoms with E-state index in [4.69, 9.17) is 9.73 Å². The molecule has 0 heterocycles. The summed E-state index contributed by atoms with van der Waals surface area (Å²) in [7, 11) is 0. The molecule has 0 radical (unpaired) electrons. The summed E-state index contributed by atoms with van der Waals surface area (Å²) in [4.78, 5) is 34.2. The second-order valence-corrected chi connectivity index (χ2v) is 20.2. The molecule has 0 saturated heterocycles. The number of nitrogens with zero attached hydrogens (tertiary/aromatic N) is 1. The van der Waals surface area contributed by atoms with Crippen LogP contribution < -0.4 is 5.32 Å². The van der Waals surface area contributed by atoms with Crippen molar-refractivity contribution in [2.45, 2.75) is 189 Å². The zero-order valence-corrected chi connectivity index (χ0v) is 32.1. The number of rotatable bonds is 3. The maximum atomic E-state index is 14.7. The minimum absolute atomic E-state index is 0.0343. The molecule has 6 fully saturated rings. The summed E-state index contributed by atoms with van der Waals surface area (Å²) >= 11 is 0. The highest BCUT2D eigenvalue weighted by Crippen LogP contribution is 2.75. The van der Waals surface area contributed by atoms with E-state index < -0.39 is 5.41 Å². The summed E-state index contributed by atoms with van der Waals surface area (Å²) in [6.07, 6.45) is 22.1. The van der Waals surface area contributed by atoms with Gasteiger partial charge in [-0.1, -0.05) is 85.6 Å². The molecular weight excluding hydrogens is 608 g/mol. The number of ether oxygens (including phenoxy) is 1. The molecule has 274 valence electrons. The molecule has 9 atom stereocenters. The molecule has 0 unspecified atom stereocenters. The van der Waals surface area contributed by atoms with Gasteiger partial charge in [0.1, 0.15) is 0 Å². The van der Waals surface area contributed by atoms with E-state index in [0.29, 0.717) is 23.8 Å². The van der Waals surface area contributed by atoms with E-state index in [9.17, 15) is 14.7 Å². The van der Waals surface area contributed by atoms with E-state index in [0.717, 1.165) is 83.5 Å². The van der Waals surface area contributed by atoms with Crippen LogP contribution in [0, 0.1) is 50.2 Å². The first-order valence-electron chi connectivity index (χ1n) is 20.6. The second kappa shape index (κ2) is 12.5. The van der Waals surface area contributed by atoms with Crippen molar-refractivity contribution in [2.24, 2.45) is 55.2 Å². The largest absolute Gasteiger partial charge is 0.393 e. The maximum absolute atomic E-state index is 14.7. The van der Waals surface area contributed by atoms with E-state index in [1.807, 2.05) is 0 Å². The number of aliphatic imine (C=N–C) groups is 1. The summed E-state index contributed by atoms with van der Waals surface area (Å²) in [6.45, 7) is 16.4. The molecule has 7 aliphatic rings. The highest BCUT2D eigenvalue weighted by atomic mass is 16.6. The van der Waals surface area contributed by atoms with Crippen LogP contribution in [0.25, 0.3) is 0 Å². The molecule has 2 N–H and O–H groups in total. The van der Waals surface area contributed by atoms with Gasteiger partial charge >= 0.3 is 5.97 Å². The highest BCUT2D eigenvalue weighted by Gasteiger charge is 2.70. The molecule has 6 nitrogen and oxygen atoms in total. The Morgan fingerprint density at radius 2 is 1.47 bits per heavy atom. The number of nitrogens with one attached hydrogen (secondary N) is 1. The van der Waals surface area contributed by atoms with Gasteiger partial charge in [-0.05, 0) is 135 Å². The van der Waals surface area contributed by atoms with Crippen molar-refractivity contribution in [3.8, 4) is 0 Å². The maximum Gasteiger partial charge on any atom is 0.319 e. The first-order valence-corrected chi connectivity index (χ1v) is 20.6. The number of aliphatic hydroxyl groups excluding tert-OH is 1. The Bertz CT molecular complexity index is 1370. The average molecular weight is 677 g/mol. The van der Waals surface area contributed by atoms with Crippen molar-refractivity contribution in [1.29, 1.82) is 0 Å². The zero-order valence-electron chi connectivity index (χ0n) is 32.1. The Morgan fingerprint density at radius 1 is 0.816 bits per heavy atom. The Balaban J connectivity index is 1.17. The summed E-state index contributed by atoms with van der Waals surface area (Å²) in [5.74, 6) is 0.652. The van der Waals surface area contributed by atoms with Crippen LogP contribution in [-0.4, -0.2) is 41.1 Å². The molecule has 0 aromatic rings. The Morgan fingerprint density at radius 3 is 2.16 bits per heavy atom. The third-order valence-electron chi connectivity index (χ3n) is 17.0. The van der Waals surface area contributed by atoms with Crippen molar-refractivity contribution >= 4 is 17.8 Å². The topological polar surface area (TPSA) is 88.0 Å². The molecule has 0 bridgehead atoms. The Hall–Kier alpha value is -1.69. The molecule has 0 aliphatic heterocycles. The third-order valence-corrected chi connectivity index (χ3v) is 17.0. The van der Waals surface area contributed by atoms with E-state index in [-0.39, 0.29) is 57.0 Å². The molecule has 6 heteroatoms. The van der Waals surface area contributed by atoms with E-state index in [1.54, 1.807) is 0 Å². The van der Waals surface area contributed by atoms with E-state index in [2.05, 4.69) is 59.9 Å². The van der Waals surface area contributed by atoms with Crippen LogP contribution in [-0.2, 0) is 14.3 Å². The quantitative estimate of drug-likeness (QED) is 0.177. The predicted octanol–water partition coefficient (Wildman–Crippen LogP) is 9.48. The summed E-state index contributed by atoms with van der Waals surface area (Å²) in [5, 5.41) is 14.7. The number of carbonyl (C=O) groups excluding carboxylic acids is 2. The molecule has 0 amide bonds. The van der Waals surface area contributed by atoms with Gasteiger partial charge in [-0.15, -0.1) is 0 Å². The predicted molar refractivity (Wildman–Crippen MR) is 196 cm³/mol. The average Bonchev–Trinajstić information content (AvgIpc) is 3.05. The minimum Gasteiger partial charge on any atom is -0.393 e. The number of allylic oxidation sites excluding steroid dienone is 2. The lowest BCUT2D eigenvalue weighted by atomic mass is 9.33. The number of esters is 1. The molecule has 6 saturated carbocycles. The van der Waals surface area contributed by atoms with Crippen LogP contribution in [0.5, 0.6) is 0 Å². The first kappa shape index (κ1) is 35.7. The Kier molecular flexibility index (Phi) is 9.09.